The first-order chi connectivity index (χ1) is 16.7. The summed E-state index contributed by atoms with van der Waals surface area (Å²) in [5.74, 6) is 0.415. The van der Waals surface area contributed by atoms with Crippen LogP contribution in [0.4, 0.5) is 5.69 Å². The maximum Gasteiger partial charge on any atom is 0.340 e. The van der Waals surface area contributed by atoms with Gasteiger partial charge in [0.1, 0.15) is 13.1 Å². The average Bonchev–Trinajstić information content (AvgIpc) is 3.14. The Hall–Kier alpha value is -2.63. The Morgan fingerprint density at radius 2 is 2.06 bits per heavy atom. The van der Waals surface area contributed by atoms with E-state index in [9.17, 15) is 4.79 Å². The van der Waals surface area contributed by atoms with Gasteiger partial charge in [-0.05, 0) is 49.3 Å². The summed E-state index contributed by atoms with van der Waals surface area (Å²) in [5.41, 5.74) is 16.0. The quantitative estimate of drug-likeness (QED) is 0.500. The molecule has 0 saturated heterocycles. The number of benzene rings is 1. The molecule has 5 heteroatoms. The summed E-state index contributed by atoms with van der Waals surface area (Å²) < 4.78 is 8.57. The first-order valence-corrected chi connectivity index (χ1v) is 13.1. The van der Waals surface area contributed by atoms with Crippen molar-refractivity contribution in [3.8, 4) is 11.3 Å². The van der Waals surface area contributed by atoms with Crippen molar-refractivity contribution >= 4 is 17.7 Å². The Bertz CT molecular complexity index is 1200. The lowest BCUT2D eigenvalue weighted by atomic mass is 9.79. The van der Waals surface area contributed by atoms with E-state index in [4.69, 9.17) is 10.5 Å². The third-order valence-electron chi connectivity index (χ3n) is 8.66. The van der Waals surface area contributed by atoms with Crippen molar-refractivity contribution in [1.82, 2.24) is 9.05 Å². The number of nitrogens with zero attached hydrogens (tertiary/aromatic N) is 2. The lowest BCUT2D eigenvalue weighted by Crippen LogP contribution is -2.50. The largest absolute Gasteiger partial charge is 0.465 e. The summed E-state index contributed by atoms with van der Waals surface area (Å²) >= 11 is 0. The van der Waals surface area contributed by atoms with Crippen molar-refractivity contribution in [2.24, 2.45) is 5.73 Å². The lowest BCUT2D eigenvalue weighted by molar-refractivity contribution is 0.0601. The van der Waals surface area contributed by atoms with Crippen LogP contribution in [-0.4, -0.2) is 37.3 Å². The molecule has 1 aromatic carbocycles. The number of nitrogens with two attached hydrogens (primary N) is 1. The van der Waals surface area contributed by atoms with Crippen LogP contribution in [0.2, 0.25) is 0 Å². The number of methoxy groups -OCH3 is 1. The SMILES string of the molecule is COC(=O)c1c2c(n3c1-c1ccc(C4CCCCC4)c4c1[N+](CCN)(C=CC4)CC3)CCC=C2. The highest BCUT2D eigenvalue weighted by Gasteiger charge is 2.43. The normalized spacial score (nSPS) is 23.1. The van der Waals surface area contributed by atoms with Crippen LogP contribution in [0.5, 0.6) is 0 Å². The van der Waals surface area contributed by atoms with Gasteiger partial charge in [0.2, 0.25) is 0 Å². The Morgan fingerprint density at radius 1 is 1.21 bits per heavy atom. The number of rotatable bonds is 4. The van der Waals surface area contributed by atoms with Crippen LogP contribution in [0, 0.1) is 0 Å². The lowest BCUT2D eigenvalue weighted by Gasteiger charge is -2.39. The monoisotopic (exact) mass is 458 g/mol. The third kappa shape index (κ3) is 3.17. The van der Waals surface area contributed by atoms with E-state index in [0.29, 0.717) is 12.5 Å². The summed E-state index contributed by atoms with van der Waals surface area (Å²) in [6.45, 7) is 3.35. The van der Waals surface area contributed by atoms with Crippen molar-refractivity contribution in [1.29, 1.82) is 0 Å². The van der Waals surface area contributed by atoms with E-state index in [2.05, 4.69) is 41.1 Å². The van der Waals surface area contributed by atoms with E-state index in [0.717, 1.165) is 60.2 Å². The molecule has 1 aromatic heterocycles. The molecule has 2 aromatic rings. The second kappa shape index (κ2) is 8.54. The van der Waals surface area contributed by atoms with Crippen molar-refractivity contribution in [3.63, 3.8) is 0 Å². The van der Waals surface area contributed by atoms with Crippen molar-refractivity contribution in [3.05, 3.63) is 58.4 Å². The maximum atomic E-state index is 13.2. The number of esters is 1. The summed E-state index contributed by atoms with van der Waals surface area (Å²) in [7, 11) is 1.50. The Balaban J connectivity index is 1.65. The molecule has 1 fully saturated rings. The Kier molecular flexibility index (Phi) is 5.50. The van der Waals surface area contributed by atoms with Gasteiger partial charge in [-0.25, -0.2) is 4.79 Å². The Morgan fingerprint density at radius 3 is 2.85 bits per heavy atom. The molecule has 0 bridgehead atoms. The summed E-state index contributed by atoms with van der Waals surface area (Å²) in [5, 5.41) is 0. The number of ether oxygens (including phenoxy) is 1. The molecular weight excluding hydrogens is 422 g/mol. The average molecular weight is 459 g/mol. The van der Waals surface area contributed by atoms with E-state index in [-0.39, 0.29) is 5.97 Å². The van der Waals surface area contributed by atoms with Crippen molar-refractivity contribution in [2.45, 2.75) is 63.8 Å². The van der Waals surface area contributed by atoms with Crippen LogP contribution in [0.1, 0.15) is 77.2 Å². The number of fused-ring (bicyclic) bond motifs is 4. The van der Waals surface area contributed by atoms with E-state index in [1.165, 1.54) is 67.3 Å². The molecule has 6 rings (SSSR count). The molecule has 5 nitrogen and oxygen atoms in total. The van der Waals surface area contributed by atoms with E-state index in [1.807, 2.05) is 0 Å². The molecule has 2 aliphatic heterocycles. The topological polar surface area (TPSA) is 57.2 Å². The molecule has 1 unspecified atom stereocenters. The molecule has 2 N–H and O–H groups in total. The molecule has 0 spiro atoms. The van der Waals surface area contributed by atoms with Crippen LogP contribution in [0.3, 0.4) is 0 Å². The minimum atomic E-state index is -0.230. The highest BCUT2D eigenvalue weighted by Crippen LogP contribution is 2.50. The number of allylic oxidation sites excluding steroid dienone is 2. The zero-order chi connectivity index (χ0) is 23.3. The second-order valence-electron chi connectivity index (χ2n) is 10.4. The molecule has 4 aliphatic rings. The molecular formula is C29H36N3O2+. The van der Waals surface area contributed by atoms with Gasteiger partial charge in [0, 0.05) is 29.8 Å². The fourth-order valence-corrected chi connectivity index (χ4v) is 7.20. The number of aromatic nitrogens is 1. The van der Waals surface area contributed by atoms with Gasteiger partial charge in [0.05, 0.1) is 36.7 Å². The van der Waals surface area contributed by atoms with E-state index >= 15 is 0 Å². The summed E-state index contributed by atoms with van der Waals surface area (Å²) in [4.78, 5) is 13.2. The predicted molar refractivity (Wildman–Crippen MR) is 138 cm³/mol. The first-order valence-electron chi connectivity index (χ1n) is 13.1. The van der Waals surface area contributed by atoms with Crippen molar-refractivity contribution < 1.29 is 9.53 Å². The molecule has 1 atom stereocenters. The fourth-order valence-electron chi connectivity index (χ4n) is 7.20. The molecule has 34 heavy (non-hydrogen) atoms. The number of carbonyl (C=O) groups is 1. The van der Waals surface area contributed by atoms with Crippen LogP contribution < -0.4 is 10.2 Å². The summed E-state index contributed by atoms with van der Waals surface area (Å²) in [6, 6.07) is 4.71. The van der Waals surface area contributed by atoms with Gasteiger partial charge >= 0.3 is 5.97 Å². The van der Waals surface area contributed by atoms with E-state index in [1.54, 1.807) is 0 Å². The van der Waals surface area contributed by atoms with Gasteiger partial charge in [0.15, 0.2) is 5.69 Å². The van der Waals surface area contributed by atoms with Gasteiger partial charge in [-0.15, -0.1) is 0 Å². The Labute approximate surface area is 202 Å². The zero-order valence-electron chi connectivity index (χ0n) is 20.3. The first kappa shape index (κ1) is 21.9. The van der Waals surface area contributed by atoms with Gasteiger partial charge in [-0.3, -0.25) is 4.48 Å². The fraction of sp³-hybridized carbons (Fsp3) is 0.483. The predicted octanol–water partition coefficient (Wildman–Crippen LogP) is 5.30. The highest BCUT2D eigenvalue weighted by molar-refractivity contribution is 6.03. The van der Waals surface area contributed by atoms with Gasteiger partial charge in [-0.2, -0.15) is 0 Å². The van der Waals surface area contributed by atoms with Crippen LogP contribution in [0.25, 0.3) is 17.3 Å². The molecule has 178 valence electrons. The standard InChI is InChI=1S/C29H36N3O2/c1-34-29(33)26-23-10-5-6-12-25(23)31-16-19-32(18-15-30)17-7-11-22-21(20-8-3-2-4-9-20)13-14-24(27(26)31)28(22)32/h5,7,10,13-14,17,20H,2-4,6,8-9,11-12,15-16,18-19,30H2,1H3/q+1. The molecule has 0 radical (unpaired) electrons. The van der Waals surface area contributed by atoms with E-state index < -0.39 is 0 Å². The number of carbonyl (C=O) groups excluding carboxylic acids is 1. The van der Waals surface area contributed by atoms with Gasteiger partial charge in [-0.1, -0.05) is 37.5 Å². The maximum absolute atomic E-state index is 13.2. The minimum absolute atomic E-state index is 0.230. The third-order valence-corrected chi connectivity index (χ3v) is 8.66. The highest BCUT2D eigenvalue weighted by atomic mass is 16.5. The smallest absolute Gasteiger partial charge is 0.340 e. The number of hydrogen-bond donors (Lipinski definition) is 1. The molecule has 2 aliphatic carbocycles. The van der Waals surface area contributed by atoms with Crippen LogP contribution >= 0.6 is 0 Å². The van der Waals surface area contributed by atoms with Gasteiger partial charge in [0.25, 0.3) is 0 Å². The van der Waals surface area contributed by atoms with Gasteiger partial charge < -0.3 is 15.0 Å². The molecule has 1 saturated carbocycles. The number of quaternary nitrogens is 1. The zero-order valence-corrected chi connectivity index (χ0v) is 20.3. The van der Waals surface area contributed by atoms with Crippen LogP contribution in [-0.2, 0) is 24.1 Å². The minimum Gasteiger partial charge on any atom is -0.465 e. The van der Waals surface area contributed by atoms with Crippen molar-refractivity contribution in [2.75, 3.05) is 26.7 Å². The number of hydrogen-bond acceptors (Lipinski definition) is 3. The molecule has 0 amide bonds. The van der Waals surface area contributed by atoms with Crippen LogP contribution in [0.15, 0.2) is 30.5 Å². The summed E-state index contributed by atoms with van der Waals surface area (Å²) in [6.07, 6.45) is 18.6. The molecule has 3 heterocycles. The second-order valence-corrected chi connectivity index (χ2v) is 10.4.